The summed E-state index contributed by atoms with van der Waals surface area (Å²) >= 11 is 6.17. The Balaban J connectivity index is 1.69. The van der Waals surface area contributed by atoms with E-state index in [1.807, 2.05) is 6.07 Å². The van der Waals surface area contributed by atoms with E-state index in [4.69, 9.17) is 11.6 Å². The molecule has 0 radical (unpaired) electrons. The standard InChI is InChI=1S/C20H22ClFN4/c1-12-2-3-16-18(12)19(25-11-24-16)26-10-20(4-6-23-7-5-20)13-8-14(21)15(22)9-17(13)26/h8-9,11-12,23H,2-7,10H2,1H3/t12-/m1/s1. The number of fused-ring (bicyclic) bond motifs is 3. The van der Waals surface area contributed by atoms with Crippen LogP contribution < -0.4 is 10.2 Å². The highest BCUT2D eigenvalue weighted by molar-refractivity contribution is 6.31. The van der Waals surface area contributed by atoms with Crippen molar-refractivity contribution in [1.29, 1.82) is 0 Å². The SMILES string of the molecule is C[C@@H]1CCc2ncnc(N3CC4(CCNCC4)c4cc(Cl)c(F)cc43)c21. The molecule has 0 amide bonds. The quantitative estimate of drug-likeness (QED) is 0.818. The number of halogens is 2. The van der Waals surface area contributed by atoms with Gasteiger partial charge in [-0.25, -0.2) is 14.4 Å². The molecule has 2 aliphatic heterocycles. The summed E-state index contributed by atoms with van der Waals surface area (Å²) in [6.07, 6.45) is 5.82. The van der Waals surface area contributed by atoms with Crippen LogP contribution in [0.3, 0.4) is 0 Å². The molecule has 1 atom stereocenters. The second-order valence-corrected chi connectivity index (χ2v) is 8.30. The molecule has 1 aliphatic carbocycles. The van der Waals surface area contributed by atoms with Crippen molar-refractivity contribution in [2.24, 2.45) is 0 Å². The van der Waals surface area contributed by atoms with E-state index >= 15 is 0 Å². The first kappa shape index (κ1) is 16.5. The molecule has 0 unspecified atom stereocenters. The van der Waals surface area contributed by atoms with Gasteiger partial charge in [-0.2, -0.15) is 0 Å². The third-order valence-corrected chi connectivity index (χ3v) is 6.72. The molecular weight excluding hydrogens is 351 g/mol. The lowest BCUT2D eigenvalue weighted by atomic mass is 9.75. The van der Waals surface area contributed by atoms with Crippen molar-refractivity contribution in [2.75, 3.05) is 24.5 Å². The number of anilines is 2. The minimum atomic E-state index is -0.361. The number of aromatic nitrogens is 2. The van der Waals surface area contributed by atoms with Crippen molar-refractivity contribution in [3.05, 3.63) is 46.1 Å². The van der Waals surface area contributed by atoms with Crippen molar-refractivity contribution < 1.29 is 4.39 Å². The summed E-state index contributed by atoms with van der Waals surface area (Å²) in [5.41, 5.74) is 4.49. The molecule has 1 aromatic heterocycles. The van der Waals surface area contributed by atoms with Gasteiger partial charge in [0.15, 0.2) is 0 Å². The third kappa shape index (κ3) is 2.30. The Morgan fingerprint density at radius 1 is 1.27 bits per heavy atom. The maximum Gasteiger partial charge on any atom is 0.143 e. The molecular formula is C20H22ClFN4. The Hall–Kier alpha value is -1.72. The lowest BCUT2D eigenvalue weighted by Gasteiger charge is -2.35. The maximum atomic E-state index is 14.4. The van der Waals surface area contributed by atoms with Gasteiger partial charge in [-0.15, -0.1) is 0 Å². The van der Waals surface area contributed by atoms with Crippen molar-refractivity contribution in [3.63, 3.8) is 0 Å². The van der Waals surface area contributed by atoms with Crippen molar-refractivity contribution in [3.8, 4) is 0 Å². The first-order valence-corrected chi connectivity index (χ1v) is 9.78. The highest BCUT2D eigenvalue weighted by atomic mass is 35.5. The van der Waals surface area contributed by atoms with E-state index in [0.29, 0.717) is 5.92 Å². The molecule has 2 aromatic rings. The zero-order chi connectivity index (χ0) is 17.9. The van der Waals surface area contributed by atoms with Crippen LogP contribution in [-0.2, 0) is 11.8 Å². The fourth-order valence-electron chi connectivity index (χ4n) is 5.02. The van der Waals surface area contributed by atoms with Gasteiger partial charge in [0.05, 0.1) is 5.02 Å². The first-order valence-electron chi connectivity index (χ1n) is 9.41. The summed E-state index contributed by atoms with van der Waals surface area (Å²) in [4.78, 5) is 11.4. The molecule has 1 aromatic carbocycles. The van der Waals surface area contributed by atoms with Crippen LogP contribution in [0.1, 0.15) is 48.9 Å². The van der Waals surface area contributed by atoms with Gasteiger partial charge in [0.1, 0.15) is 18.0 Å². The van der Waals surface area contributed by atoms with Gasteiger partial charge in [0.2, 0.25) is 0 Å². The largest absolute Gasteiger partial charge is 0.325 e. The zero-order valence-corrected chi connectivity index (χ0v) is 15.6. The third-order valence-electron chi connectivity index (χ3n) is 6.43. The Morgan fingerprint density at radius 3 is 2.88 bits per heavy atom. The summed E-state index contributed by atoms with van der Waals surface area (Å²) in [5, 5.41) is 3.66. The van der Waals surface area contributed by atoms with E-state index < -0.39 is 0 Å². The molecule has 1 fully saturated rings. The molecule has 6 heteroatoms. The number of piperidine rings is 1. The molecule has 3 heterocycles. The van der Waals surface area contributed by atoms with E-state index in [-0.39, 0.29) is 16.3 Å². The highest BCUT2D eigenvalue weighted by Crippen LogP contribution is 2.51. The predicted molar refractivity (Wildman–Crippen MR) is 101 cm³/mol. The molecule has 26 heavy (non-hydrogen) atoms. The number of rotatable bonds is 1. The molecule has 1 N–H and O–H groups in total. The van der Waals surface area contributed by atoms with Crippen LogP contribution in [-0.4, -0.2) is 29.6 Å². The maximum absolute atomic E-state index is 14.4. The fourth-order valence-corrected chi connectivity index (χ4v) is 5.18. The lowest BCUT2D eigenvalue weighted by molar-refractivity contribution is 0.329. The highest BCUT2D eigenvalue weighted by Gasteiger charge is 2.45. The summed E-state index contributed by atoms with van der Waals surface area (Å²) < 4.78 is 14.4. The number of nitrogens with zero attached hydrogens (tertiary/aromatic N) is 3. The molecule has 0 bridgehead atoms. The molecule has 1 saturated heterocycles. The average molecular weight is 373 g/mol. The minimum Gasteiger partial charge on any atom is -0.325 e. The van der Waals surface area contributed by atoms with Gasteiger partial charge in [0, 0.05) is 28.9 Å². The monoisotopic (exact) mass is 372 g/mol. The van der Waals surface area contributed by atoms with Crippen molar-refractivity contribution in [1.82, 2.24) is 15.3 Å². The smallest absolute Gasteiger partial charge is 0.143 e. The van der Waals surface area contributed by atoms with Crippen LogP contribution in [0.2, 0.25) is 5.02 Å². The minimum absolute atomic E-state index is 0.0115. The molecule has 3 aliphatic rings. The molecule has 4 nitrogen and oxygen atoms in total. The second-order valence-electron chi connectivity index (χ2n) is 7.90. The lowest BCUT2D eigenvalue weighted by Crippen LogP contribution is -2.42. The van der Waals surface area contributed by atoms with Crippen LogP contribution in [0, 0.1) is 5.82 Å². The van der Waals surface area contributed by atoms with Crippen molar-refractivity contribution in [2.45, 2.75) is 43.9 Å². The summed E-state index contributed by atoms with van der Waals surface area (Å²) in [6.45, 7) is 5.01. The Bertz CT molecular complexity index is 878. The molecule has 1 spiro atoms. The van der Waals surface area contributed by atoms with Gasteiger partial charge in [-0.1, -0.05) is 18.5 Å². The Morgan fingerprint density at radius 2 is 2.08 bits per heavy atom. The molecule has 5 rings (SSSR count). The van der Waals surface area contributed by atoms with E-state index in [1.54, 1.807) is 12.4 Å². The number of hydrogen-bond acceptors (Lipinski definition) is 4. The Kier molecular flexibility index (Phi) is 3.73. The van der Waals surface area contributed by atoms with Crippen LogP contribution in [0.5, 0.6) is 0 Å². The second kappa shape index (κ2) is 5.89. The number of nitrogens with one attached hydrogen (secondary N) is 1. The summed E-state index contributed by atoms with van der Waals surface area (Å²) in [5.74, 6) is 1.03. The van der Waals surface area contributed by atoms with Gasteiger partial charge in [0.25, 0.3) is 0 Å². The van der Waals surface area contributed by atoms with E-state index in [2.05, 4.69) is 27.1 Å². The number of hydrogen-bond donors (Lipinski definition) is 1. The van der Waals surface area contributed by atoms with E-state index in [1.165, 1.54) is 11.1 Å². The topological polar surface area (TPSA) is 41.1 Å². The van der Waals surface area contributed by atoms with Gasteiger partial charge in [-0.05, 0) is 62.4 Å². The van der Waals surface area contributed by atoms with E-state index in [0.717, 1.165) is 62.5 Å². The van der Waals surface area contributed by atoms with Crippen LogP contribution >= 0.6 is 11.6 Å². The van der Waals surface area contributed by atoms with Crippen LogP contribution in [0.25, 0.3) is 0 Å². The number of benzene rings is 1. The predicted octanol–water partition coefficient (Wildman–Crippen LogP) is 4.09. The molecule has 0 saturated carbocycles. The average Bonchev–Trinajstić information content (AvgIpc) is 3.16. The Labute approximate surface area is 157 Å². The zero-order valence-electron chi connectivity index (χ0n) is 14.9. The van der Waals surface area contributed by atoms with E-state index in [9.17, 15) is 4.39 Å². The van der Waals surface area contributed by atoms with Crippen molar-refractivity contribution >= 4 is 23.1 Å². The molecule has 136 valence electrons. The van der Waals surface area contributed by atoms with Crippen LogP contribution in [0.4, 0.5) is 15.9 Å². The number of aryl methyl sites for hydroxylation is 1. The summed E-state index contributed by atoms with van der Waals surface area (Å²) in [7, 11) is 0. The first-order chi connectivity index (χ1) is 12.6. The van der Waals surface area contributed by atoms with Gasteiger partial charge >= 0.3 is 0 Å². The fraction of sp³-hybridized carbons (Fsp3) is 0.500. The van der Waals surface area contributed by atoms with Gasteiger partial charge < -0.3 is 10.2 Å². The van der Waals surface area contributed by atoms with Gasteiger partial charge in [-0.3, -0.25) is 0 Å². The summed E-state index contributed by atoms with van der Waals surface area (Å²) in [6, 6.07) is 3.45. The van der Waals surface area contributed by atoms with Crippen LogP contribution in [0.15, 0.2) is 18.5 Å². The normalized spacial score (nSPS) is 23.3.